The van der Waals surface area contributed by atoms with Crippen LogP contribution in [0.3, 0.4) is 0 Å². The second kappa shape index (κ2) is 8.48. The minimum atomic E-state index is -3.46. The molecule has 0 amide bonds. The molecule has 0 spiro atoms. The fourth-order valence-electron chi connectivity index (χ4n) is 1.90. The Morgan fingerprint density at radius 1 is 1.29 bits per heavy atom. The Kier molecular flexibility index (Phi) is 7.31. The summed E-state index contributed by atoms with van der Waals surface area (Å²) in [6, 6.07) is 5.28. The molecule has 0 aliphatic heterocycles. The number of hydrogen-bond acceptors (Lipinski definition) is 4. The molecule has 1 rings (SSSR count). The van der Waals surface area contributed by atoms with Crippen molar-refractivity contribution in [1.82, 2.24) is 9.62 Å². The van der Waals surface area contributed by atoms with E-state index in [4.69, 9.17) is 4.74 Å². The highest BCUT2D eigenvalue weighted by Crippen LogP contribution is 2.18. The molecule has 0 atom stereocenters. The first-order chi connectivity index (χ1) is 9.93. The van der Waals surface area contributed by atoms with Crippen LogP contribution >= 0.6 is 0 Å². The molecule has 0 aliphatic rings. The Bertz CT molecular complexity index is 544. The standard InChI is InChI=1S/C15H26N2O3S/c1-5-16-12-14-11-15(8-7-13(14)3)21(18,19)17(4)9-10-20-6-2/h7-8,11,16H,5-6,9-10,12H2,1-4H3. The minimum absolute atomic E-state index is 0.333. The lowest BCUT2D eigenvalue weighted by Crippen LogP contribution is -2.30. The van der Waals surface area contributed by atoms with Crippen molar-refractivity contribution in [2.75, 3.05) is 33.4 Å². The minimum Gasteiger partial charge on any atom is -0.380 e. The highest BCUT2D eigenvalue weighted by molar-refractivity contribution is 7.89. The zero-order valence-electron chi connectivity index (χ0n) is 13.3. The van der Waals surface area contributed by atoms with Gasteiger partial charge in [0, 0.05) is 26.7 Å². The molecule has 0 saturated carbocycles. The zero-order valence-corrected chi connectivity index (χ0v) is 14.2. The van der Waals surface area contributed by atoms with Gasteiger partial charge in [-0.2, -0.15) is 4.31 Å². The van der Waals surface area contributed by atoms with Crippen LogP contribution in [0.2, 0.25) is 0 Å². The molecule has 6 heteroatoms. The maximum Gasteiger partial charge on any atom is 0.242 e. The summed E-state index contributed by atoms with van der Waals surface area (Å²) in [5, 5.41) is 3.23. The Morgan fingerprint density at radius 3 is 2.62 bits per heavy atom. The first-order valence-electron chi connectivity index (χ1n) is 7.27. The van der Waals surface area contributed by atoms with Gasteiger partial charge in [0.2, 0.25) is 10.0 Å². The third-order valence-electron chi connectivity index (χ3n) is 3.35. The van der Waals surface area contributed by atoms with Gasteiger partial charge in [0.1, 0.15) is 0 Å². The van der Waals surface area contributed by atoms with Gasteiger partial charge in [-0.3, -0.25) is 0 Å². The molecular formula is C15H26N2O3S. The number of likely N-dealkylation sites (N-methyl/N-ethyl adjacent to an activating group) is 1. The largest absolute Gasteiger partial charge is 0.380 e. The summed E-state index contributed by atoms with van der Waals surface area (Å²) < 4.78 is 31.6. The predicted molar refractivity (Wildman–Crippen MR) is 84.9 cm³/mol. The topological polar surface area (TPSA) is 58.6 Å². The van der Waals surface area contributed by atoms with Crippen molar-refractivity contribution in [2.45, 2.75) is 32.2 Å². The summed E-state index contributed by atoms with van der Waals surface area (Å²) in [4.78, 5) is 0.333. The van der Waals surface area contributed by atoms with Crippen LogP contribution in [0.25, 0.3) is 0 Å². The van der Waals surface area contributed by atoms with Gasteiger partial charge in [-0.05, 0) is 43.7 Å². The Hall–Kier alpha value is -0.950. The Labute approximate surface area is 128 Å². The van der Waals surface area contributed by atoms with Crippen LogP contribution in [-0.4, -0.2) is 46.1 Å². The molecule has 5 nitrogen and oxygen atoms in total. The first kappa shape index (κ1) is 18.1. The van der Waals surface area contributed by atoms with Crippen molar-refractivity contribution < 1.29 is 13.2 Å². The van der Waals surface area contributed by atoms with Gasteiger partial charge in [0.05, 0.1) is 11.5 Å². The normalized spacial score (nSPS) is 12.0. The van der Waals surface area contributed by atoms with E-state index in [1.54, 1.807) is 19.2 Å². The Morgan fingerprint density at radius 2 is 2.00 bits per heavy atom. The number of nitrogens with zero attached hydrogens (tertiary/aromatic N) is 1. The predicted octanol–water partition coefficient (Wildman–Crippen LogP) is 1.76. The molecule has 0 aromatic heterocycles. The lowest BCUT2D eigenvalue weighted by atomic mass is 10.1. The summed E-state index contributed by atoms with van der Waals surface area (Å²) in [6.45, 7) is 8.78. The van der Waals surface area contributed by atoms with Crippen molar-refractivity contribution in [2.24, 2.45) is 0 Å². The average molecular weight is 314 g/mol. The second-order valence-electron chi connectivity index (χ2n) is 4.89. The molecule has 1 aromatic carbocycles. The molecule has 120 valence electrons. The highest BCUT2D eigenvalue weighted by atomic mass is 32.2. The van der Waals surface area contributed by atoms with E-state index in [0.717, 1.165) is 17.7 Å². The fraction of sp³-hybridized carbons (Fsp3) is 0.600. The van der Waals surface area contributed by atoms with E-state index in [1.807, 2.05) is 26.8 Å². The summed E-state index contributed by atoms with van der Waals surface area (Å²) in [6.07, 6.45) is 0. The van der Waals surface area contributed by atoms with Crippen LogP contribution in [0, 0.1) is 6.92 Å². The number of sulfonamides is 1. The number of nitrogens with one attached hydrogen (secondary N) is 1. The van der Waals surface area contributed by atoms with E-state index >= 15 is 0 Å². The summed E-state index contributed by atoms with van der Waals surface area (Å²) in [7, 11) is -1.88. The molecule has 0 fully saturated rings. The fourth-order valence-corrected chi connectivity index (χ4v) is 3.10. The van der Waals surface area contributed by atoms with Crippen LogP contribution in [0.5, 0.6) is 0 Å². The molecule has 0 saturated heterocycles. The van der Waals surface area contributed by atoms with E-state index in [-0.39, 0.29) is 0 Å². The van der Waals surface area contributed by atoms with Crippen LogP contribution in [0.1, 0.15) is 25.0 Å². The number of rotatable bonds is 9. The third-order valence-corrected chi connectivity index (χ3v) is 5.20. The lowest BCUT2D eigenvalue weighted by molar-refractivity contribution is 0.138. The van der Waals surface area contributed by atoms with Gasteiger partial charge >= 0.3 is 0 Å². The van der Waals surface area contributed by atoms with E-state index < -0.39 is 10.0 Å². The summed E-state index contributed by atoms with van der Waals surface area (Å²) >= 11 is 0. The molecule has 21 heavy (non-hydrogen) atoms. The molecule has 0 unspecified atom stereocenters. The van der Waals surface area contributed by atoms with Gasteiger partial charge in [0.25, 0.3) is 0 Å². The van der Waals surface area contributed by atoms with Crippen molar-refractivity contribution in [3.63, 3.8) is 0 Å². The number of ether oxygens (including phenoxy) is 1. The van der Waals surface area contributed by atoms with Gasteiger partial charge in [-0.25, -0.2) is 8.42 Å². The molecule has 1 aromatic rings. The van der Waals surface area contributed by atoms with Gasteiger partial charge in [-0.1, -0.05) is 13.0 Å². The van der Waals surface area contributed by atoms with E-state index in [2.05, 4.69) is 5.32 Å². The molecule has 0 heterocycles. The van der Waals surface area contributed by atoms with E-state index in [1.165, 1.54) is 4.31 Å². The zero-order chi connectivity index (χ0) is 15.9. The van der Waals surface area contributed by atoms with Crippen LogP contribution < -0.4 is 5.32 Å². The van der Waals surface area contributed by atoms with Crippen LogP contribution in [0.15, 0.2) is 23.1 Å². The first-order valence-corrected chi connectivity index (χ1v) is 8.71. The smallest absolute Gasteiger partial charge is 0.242 e. The molecule has 0 aliphatic carbocycles. The molecule has 0 radical (unpaired) electrons. The van der Waals surface area contributed by atoms with Gasteiger partial charge in [0.15, 0.2) is 0 Å². The van der Waals surface area contributed by atoms with Crippen molar-refractivity contribution in [1.29, 1.82) is 0 Å². The second-order valence-corrected chi connectivity index (χ2v) is 6.94. The number of benzene rings is 1. The maximum absolute atomic E-state index is 12.5. The number of aryl methyl sites for hydroxylation is 1. The summed E-state index contributed by atoms with van der Waals surface area (Å²) in [5.74, 6) is 0. The average Bonchev–Trinajstić information content (AvgIpc) is 2.46. The maximum atomic E-state index is 12.5. The van der Waals surface area contributed by atoms with E-state index in [0.29, 0.717) is 31.2 Å². The molecule has 1 N–H and O–H groups in total. The van der Waals surface area contributed by atoms with Crippen molar-refractivity contribution in [3.8, 4) is 0 Å². The highest BCUT2D eigenvalue weighted by Gasteiger charge is 2.21. The van der Waals surface area contributed by atoms with Gasteiger partial charge in [-0.15, -0.1) is 0 Å². The lowest BCUT2D eigenvalue weighted by Gasteiger charge is -2.18. The van der Waals surface area contributed by atoms with Crippen molar-refractivity contribution in [3.05, 3.63) is 29.3 Å². The molecular weight excluding hydrogens is 288 g/mol. The van der Waals surface area contributed by atoms with E-state index in [9.17, 15) is 8.42 Å². The SMILES string of the molecule is CCNCc1cc(S(=O)(=O)N(C)CCOCC)ccc1C. The quantitative estimate of drug-likeness (QED) is 0.706. The molecule has 0 bridgehead atoms. The Balaban J connectivity index is 2.92. The van der Waals surface area contributed by atoms with Crippen molar-refractivity contribution >= 4 is 10.0 Å². The summed E-state index contributed by atoms with van der Waals surface area (Å²) in [5.41, 5.74) is 2.10. The van der Waals surface area contributed by atoms with Gasteiger partial charge < -0.3 is 10.1 Å². The van der Waals surface area contributed by atoms with Crippen LogP contribution in [0.4, 0.5) is 0 Å². The third kappa shape index (κ3) is 5.07. The van der Waals surface area contributed by atoms with Crippen LogP contribution in [-0.2, 0) is 21.3 Å². The monoisotopic (exact) mass is 314 g/mol. The number of hydrogen-bond donors (Lipinski definition) is 1.